The van der Waals surface area contributed by atoms with E-state index in [4.69, 9.17) is 21.1 Å². The Morgan fingerprint density at radius 1 is 1.23 bits per heavy atom. The summed E-state index contributed by atoms with van der Waals surface area (Å²) >= 11 is 7.56. The number of rotatable bonds is 5. The minimum atomic E-state index is -0.335. The molecule has 0 bridgehead atoms. The van der Waals surface area contributed by atoms with Crippen molar-refractivity contribution < 1.29 is 14.3 Å². The first-order valence-electron chi connectivity index (χ1n) is 7.75. The highest BCUT2D eigenvalue weighted by molar-refractivity contribution is 7.13. The van der Waals surface area contributed by atoms with Crippen LogP contribution in [0.5, 0.6) is 11.5 Å². The van der Waals surface area contributed by atoms with Crippen molar-refractivity contribution >= 4 is 34.5 Å². The largest absolute Gasteiger partial charge is 0.495 e. The lowest BCUT2D eigenvalue weighted by atomic mass is 10.2. The standard InChI is InChI=1S/C18H18ClN3O3S/c1-10-5-6-14(22(10)2)18-21-13(9-26-18)17(23)20-12-7-11(19)15(24-3)8-16(12)25-4/h5-9H,1-4H3,(H,20,23). The molecular formula is C18H18ClN3O3S. The van der Waals surface area contributed by atoms with Gasteiger partial charge in [0.1, 0.15) is 22.2 Å². The van der Waals surface area contributed by atoms with Crippen LogP contribution >= 0.6 is 22.9 Å². The van der Waals surface area contributed by atoms with Gasteiger partial charge in [-0.25, -0.2) is 4.98 Å². The minimum absolute atomic E-state index is 0.331. The second-order valence-corrected chi connectivity index (χ2v) is 6.86. The summed E-state index contributed by atoms with van der Waals surface area (Å²) in [5, 5.41) is 5.67. The van der Waals surface area contributed by atoms with Crippen molar-refractivity contribution in [3.8, 4) is 22.2 Å². The normalized spacial score (nSPS) is 10.7. The summed E-state index contributed by atoms with van der Waals surface area (Å²) in [6.07, 6.45) is 0. The smallest absolute Gasteiger partial charge is 0.275 e. The molecule has 0 aliphatic rings. The molecule has 0 spiro atoms. The molecule has 1 amide bonds. The maximum absolute atomic E-state index is 12.6. The lowest BCUT2D eigenvalue weighted by Crippen LogP contribution is -2.13. The maximum Gasteiger partial charge on any atom is 0.275 e. The number of carbonyl (C=O) groups is 1. The van der Waals surface area contributed by atoms with Crippen molar-refractivity contribution in [2.24, 2.45) is 7.05 Å². The van der Waals surface area contributed by atoms with Crippen LogP contribution in [-0.4, -0.2) is 29.7 Å². The molecule has 136 valence electrons. The lowest BCUT2D eigenvalue weighted by molar-refractivity contribution is 0.102. The molecule has 0 radical (unpaired) electrons. The quantitative estimate of drug-likeness (QED) is 0.700. The summed E-state index contributed by atoms with van der Waals surface area (Å²) in [4.78, 5) is 17.0. The maximum atomic E-state index is 12.6. The number of carbonyl (C=O) groups excluding carboxylic acids is 1. The van der Waals surface area contributed by atoms with E-state index in [2.05, 4.69) is 10.3 Å². The van der Waals surface area contributed by atoms with Gasteiger partial charge in [0.15, 0.2) is 0 Å². The average molecular weight is 392 g/mol. The van der Waals surface area contributed by atoms with Crippen LogP contribution in [0.25, 0.3) is 10.7 Å². The van der Waals surface area contributed by atoms with Gasteiger partial charge in [0.2, 0.25) is 0 Å². The number of amides is 1. The van der Waals surface area contributed by atoms with Gasteiger partial charge in [-0.1, -0.05) is 11.6 Å². The van der Waals surface area contributed by atoms with Crippen LogP contribution < -0.4 is 14.8 Å². The average Bonchev–Trinajstić information content (AvgIpc) is 3.23. The Labute approximate surface area is 160 Å². The van der Waals surface area contributed by atoms with Crippen LogP contribution in [-0.2, 0) is 7.05 Å². The van der Waals surface area contributed by atoms with E-state index < -0.39 is 0 Å². The lowest BCUT2D eigenvalue weighted by Gasteiger charge is -2.12. The fraction of sp³-hybridized carbons (Fsp3) is 0.222. The molecule has 1 N–H and O–H groups in total. The van der Waals surface area contributed by atoms with Crippen LogP contribution in [0.2, 0.25) is 5.02 Å². The fourth-order valence-electron chi connectivity index (χ4n) is 2.47. The SMILES string of the molecule is COc1cc(OC)c(NC(=O)c2csc(-c3ccc(C)n3C)n2)cc1Cl. The Bertz CT molecular complexity index is 965. The van der Waals surface area contributed by atoms with Gasteiger partial charge in [0, 0.05) is 24.2 Å². The molecule has 0 saturated carbocycles. The molecular weight excluding hydrogens is 374 g/mol. The van der Waals surface area contributed by atoms with Gasteiger partial charge in [0.25, 0.3) is 5.91 Å². The summed E-state index contributed by atoms with van der Waals surface area (Å²) in [5.41, 5.74) is 2.88. The second-order valence-electron chi connectivity index (χ2n) is 5.60. The van der Waals surface area contributed by atoms with E-state index in [1.807, 2.05) is 30.7 Å². The van der Waals surface area contributed by atoms with Crippen molar-refractivity contribution in [1.82, 2.24) is 9.55 Å². The van der Waals surface area contributed by atoms with Crippen LogP contribution in [0, 0.1) is 6.92 Å². The highest BCUT2D eigenvalue weighted by atomic mass is 35.5. The zero-order valence-corrected chi connectivity index (χ0v) is 16.4. The highest BCUT2D eigenvalue weighted by Gasteiger charge is 2.17. The summed E-state index contributed by atoms with van der Waals surface area (Å²) < 4.78 is 12.5. The number of aryl methyl sites for hydroxylation is 1. The molecule has 0 aliphatic carbocycles. The molecule has 0 fully saturated rings. The first-order chi connectivity index (χ1) is 12.4. The Morgan fingerprint density at radius 2 is 1.96 bits per heavy atom. The molecule has 2 aromatic heterocycles. The minimum Gasteiger partial charge on any atom is -0.495 e. The van der Waals surface area contributed by atoms with E-state index in [0.29, 0.717) is 27.9 Å². The number of nitrogens with zero attached hydrogens (tertiary/aromatic N) is 2. The molecule has 3 rings (SSSR count). The van der Waals surface area contributed by atoms with E-state index in [-0.39, 0.29) is 5.91 Å². The molecule has 0 atom stereocenters. The molecule has 3 aromatic rings. The van der Waals surface area contributed by atoms with E-state index in [1.165, 1.54) is 25.6 Å². The van der Waals surface area contributed by atoms with Gasteiger partial charge >= 0.3 is 0 Å². The van der Waals surface area contributed by atoms with E-state index in [0.717, 1.165) is 16.4 Å². The molecule has 0 saturated heterocycles. The Balaban J connectivity index is 1.85. The number of thiazole rings is 1. The van der Waals surface area contributed by atoms with Gasteiger partial charge in [-0.05, 0) is 25.1 Å². The van der Waals surface area contributed by atoms with Crippen molar-refractivity contribution in [3.63, 3.8) is 0 Å². The number of methoxy groups -OCH3 is 2. The number of nitrogens with one attached hydrogen (secondary N) is 1. The third-order valence-electron chi connectivity index (χ3n) is 4.05. The first kappa shape index (κ1) is 18.3. The summed E-state index contributed by atoms with van der Waals surface area (Å²) in [5.74, 6) is 0.586. The molecule has 26 heavy (non-hydrogen) atoms. The van der Waals surface area contributed by atoms with E-state index in [9.17, 15) is 4.79 Å². The molecule has 6 nitrogen and oxygen atoms in total. The number of aromatic nitrogens is 2. The van der Waals surface area contributed by atoms with Gasteiger partial charge in [-0.2, -0.15) is 0 Å². The number of ether oxygens (including phenoxy) is 2. The number of halogens is 1. The summed E-state index contributed by atoms with van der Waals surface area (Å²) in [7, 11) is 4.99. The van der Waals surface area contributed by atoms with E-state index >= 15 is 0 Å². The molecule has 2 heterocycles. The number of hydrogen-bond acceptors (Lipinski definition) is 5. The van der Waals surface area contributed by atoms with Crippen molar-refractivity contribution in [2.45, 2.75) is 6.92 Å². The highest BCUT2D eigenvalue weighted by Crippen LogP contribution is 2.36. The fourth-order valence-corrected chi connectivity index (χ4v) is 3.57. The van der Waals surface area contributed by atoms with Crippen LogP contribution in [0.1, 0.15) is 16.2 Å². The molecule has 0 unspecified atom stereocenters. The predicted molar refractivity (Wildman–Crippen MR) is 104 cm³/mol. The van der Waals surface area contributed by atoms with Crippen molar-refractivity contribution in [1.29, 1.82) is 0 Å². The number of hydrogen-bond donors (Lipinski definition) is 1. The monoisotopic (exact) mass is 391 g/mol. The van der Waals surface area contributed by atoms with Gasteiger partial charge < -0.3 is 19.4 Å². The molecule has 8 heteroatoms. The van der Waals surface area contributed by atoms with Crippen molar-refractivity contribution in [2.75, 3.05) is 19.5 Å². The van der Waals surface area contributed by atoms with Gasteiger partial charge in [-0.3, -0.25) is 4.79 Å². The zero-order valence-electron chi connectivity index (χ0n) is 14.8. The van der Waals surface area contributed by atoms with Crippen LogP contribution in [0.4, 0.5) is 5.69 Å². The van der Waals surface area contributed by atoms with Crippen molar-refractivity contribution in [3.05, 3.63) is 46.1 Å². The Hall–Kier alpha value is -2.51. The predicted octanol–water partition coefficient (Wildman–Crippen LogP) is 4.38. The van der Waals surface area contributed by atoms with E-state index in [1.54, 1.807) is 17.5 Å². The zero-order chi connectivity index (χ0) is 18.8. The Kier molecular flexibility index (Phi) is 5.20. The second kappa shape index (κ2) is 7.39. The molecule has 0 aliphatic heterocycles. The first-order valence-corrected chi connectivity index (χ1v) is 9.01. The summed E-state index contributed by atoms with van der Waals surface area (Å²) in [6.45, 7) is 2.02. The Morgan fingerprint density at radius 3 is 2.58 bits per heavy atom. The number of benzene rings is 1. The topological polar surface area (TPSA) is 65.4 Å². The third kappa shape index (κ3) is 3.40. The number of anilines is 1. The van der Waals surface area contributed by atoms with Crippen LogP contribution in [0.3, 0.4) is 0 Å². The molecule has 1 aromatic carbocycles. The summed E-state index contributed by atoms with van der Waals surface area (Å²) in [6, 6.07) is 7.21. The van der Waals surface area contributed by atoms with Crippen LogP contribution in [0.15, 0.2) is 29.6 Å². The van der Waals surface area contributed by atoms with Gasteiger partial charge in [0.05, 0.1) is 30.6 Å². The van der Waals surface area contributed by atoms with Gasteiger partial charge in [-0.15, -0.1) is 11.3 Å². The third-order valence-corrected chi connectivity index (χ3v) is 5.21.